The number of hydrogen-bond acceptors (Lipinski definition) is 3. The van der Waals surface area contributed by atoms with Crippen LogP contribution in [0, 0.1) is 5.92 Å². The van der Waals surface area contributed by atoms with Crippen LogP contribution in [0.5, 0.6) is 0 Å². The topological polar surface area (TPSA) is 83.5 Å². The highest BCUT2D eigenvalue weighted by Crippen LogP contribution is 2.20. The Bertz CT molecular complexity index is 533. The van der Waals surface area contributed by atoms with Crippen molar-refractivity contribution in [1.82, 2.24) is 0 Å². The van der Waals surface area contributed by atoms with Crippen LogP contribution in [-0.2, 0) is 20.4 Å². The van der Waals surface area contributed by atoms with E-state index in [0.29, 0.717) is 10.7 Å². The van der Waals surface area contributed by atoms with Gasteiger partial charge in [-0.25, -0.2) is 0 Å². The molecule has 2 unspecified atom stereocenters. The number of carboxylic acid groups (broad SMARTS) is 1. The van der Waals surface area contributed by atoms with Gasteiger partial charge in [0.25, 0.3) is 0 Å². The average molecular weight is 318 g/mol. The van der Waals surface area contributed by atoms with Crippen LogP contribution in [0.1, 0.15) is 13.8 Å². The molecule has 0 aliphatic heterocycles. The van der Waals surface area contributed by atoms with Gasteiger partial charge >= 0.3 is 5.97 Å². The van der Waals surface area contributed by atoms with Gasteiger partial charge in [-0.05, 0) is 18.1 Å². The van der Waals surface area contributed by atoms with Gasteiger partial charge in [0.2, 0.25) is 5.91 Å². The molecule has 1 rings (SSSR count). The molecular weight excluding hydrogens is 302 g/mol. The Kier molecular flexibility index (Phi) is 6.16. The molecule has 1 amide bonds. The summed E-state index contributed by atoms with van der Waals surface area (Å²) in [4.78, 5) is 22.8. The van der Waals surface area contributed by atoms with Crippen molar-refractivity contribution in [2.75, 3.05) is 11.1 Å². The minimum atomic E-state index is -1.78. The summed E-state index contributed by atoms with van der Waals surface area (Å²) >= 11 is 5.88. The van der Waals surface area contributed by atoms with Crippen LogP contribution in [0.25, 0.3) is 0 Å². The number of anilines is 1. The molecule has 0 heterocycles. The Morgan fingerprint density at radius 2 is 1.95 bits per heavy atom. The number of carbonyl (C=O) groups excluding carboxylic acids is 1. The Hall–Kier alpha value is -1.40. The van der Waals surface area contributed by atoms with Gasteiger partial charge < -0.3 is 10.4 Å². The van der Waals surface area contributed by atoms with E-state index in [1.807, 2.05) is 0 Å². The van der Waals surface area contributed by atoms with E-state index in [9.17, 15) is 13.8 Å². The monoisotopic (exact) mass is 317 g/mol. The number of rotatable bonds is 6. The van der Waals surface area contributed by atoms with E-state index < -0.39 is 27.9 Å². The molecule has 7 heteroatoms. The number of hydrogen-bond donors (Lipinski definition) is 2. The molecule has 110 valence electrons. The van der Waals surface area contributed by atoms with Gasteiger partial charge in [0.15, 0.2) is 0 Å². The lowest BCUT2D eigenvalue weighted by Crippen LogP contribution is -2.35. The Morgan fingerprint density at radius 3 is 2.45 bits per heavy atom. The van der Waals surface area contributed by atoms with Crippen molar-refractivity contribution in [1.29, 1.82) is 0 Å². The molecule has 1 aromatic carbocycles. The number of benzene rings is 1. The highest BCUT2D eigenvalue weighted by Gasteiger charge is 2.29. The number of carbonyl (C=O) groups is 2. The third-order valence-electron chi connectivity index (χ3n) is 2.55. The van der Waals surface area contributed by atoms with Gasteiger partial charge in [-0.3, -0.25) is 13.8 Å². The molecule has 0 aliphatic rings. The molecule has 2 N–H and O–H groups in total. The molecular formula is C13H16ClNO4S. The fourth-order valence-corrected chi connectivity index (χ4v) is 3.19. The summed E-state index contributed by atoms with van der Waals surface area (Å²) in [7, 11) is -1.78. The lowest BCUT2D eigenvalue weighted by atomic mass is 10.1. The molecule has 5 nitrogen and oxygen atoms in total. The molecule has 0 aliphatic carbocycles. The smallest absolute Gasteiger partial charge is 0.319 e. The predicted octanol–water partition coefficient (Wildman–Crippen LogP) is 2.14. The normalized spacial score (nSPS) is 13.8. The first-order chi connectivity index (χ1) is 9.32. The van der Waals surface area contributed by atoms with Crippen molar-refractivity contribution >= 4 is 40.0 Å². The van der Waals surface area contributed by atoms with Crippen LogP contribution in [0.15, 0.2) is 24.3 Å². The predicted molar refractivity (Wildman–Crippen MR) is 79.4 cm³/mol. The zero-order chi connectivity index (χ0) is 15.3. The van der Waals surface area contributed by atoms with Gasteiger partial charge in [0, 0.05) is 10.8 Å². The second kappa shape index (κ2) is 7.40. The van der Waals surface area contributed by atoms with Gasteiger partial charge in [-0.15, -0.1) is 0 Å². The third-order valence-corrected chi connectivity index (χ3v) is 4.74. The number of carboxylic acids is 1. The third kappa shape index (κ3) is 4.61. The lowest BCUT2D eigenvalue weighted by molar-refractivity contribution is -0.137. The summed E-state index contributed by atoms with van der Waals surface area (Å²) in [5, 5.41) is 10.8. The lowest BCUT2D eigenvalue weighted by Gasteiger charge is -2.15. The van der Waals surface area contributed by atoms with Crippen LogP contribution in [0.4, 0.5) is 5.69 Å². The maximum absolute atomic E-state index is 11.9. The molecule has 2 atom stereocenters. The maximum Gasteiger partial charge on any atom is 0.319 e. The maximum atomic E-state index is 11.9. The van der Waals surface area contributed by atoms with E-state index >= 15 is 0 Å². The first-order valence-electron chi connectivity index (χ1n) is 5.97. The van der Waals surface area contributed by atoms with E-state index in [0.717, 1.165) is 0 Å². The van der Waals surface area contributed by atoms with Gasteiger partial charge in [0.1, 0.15) is 11.0 Å². The SMILES string of the molecule is CC(C)C(C(=O)O)S(=O)CC(=O)Nc1ccccc1Cl. The largest absolute Gasteiger partial charge is 0.480 e. The summed E-state index contributed by atoms with van der Waals surface area (Å²) in [5.74, 6) is -2.38. The molecule has 20 heavy (non-hydrogen) atoms. The highest BCUT2D eigenvalue weighted by molar-refractivity contribution is 7.87. The first-order valence-corrected chi connectivity index (χ1v) is 7.73. The van der Waals surface area contributed by atoms with Crippen molar-refractivity contribution in [2.45, 2.75) is 19.1 Å². The van der Waals surface area contributed by atoms with Crippen molar-refractivity contribution < 1.29 is 18.9 Å². The van der Waals surface area contributed by atoms with Crippen molar-refractivity contribution in [3.63, 3.8) is 0 Å². The minimum Gasteiger partial charge on any atom is -0.480 e. The van der Waals surface area contributed by atoms with E-state index in [1.165, 1.54) is 0 Å². The Morgan fingerprint density at radius 1 is 1.35 bits per heavy atom. The van der Waals surface area contributed by atoms with Crippen molar-refractivity contribution in [3.05, 3.63) is 29.3 Å². The Balaban J connectivity index is 2.69. The number of aliphatic carboxylic acids is 1. The molecule has 1 aromatic rings. The molecule has 0 radical (unpaired) electrons. The van der Waals surface area contributed by atoms with Crippen LogP contribution in [0.3, 0.4) is 0 Å². The van der Waals surface area contributed by atoms with E-state index in [2.05, 4.69) is 5.32 Å². The van der Waals surface area contributed by atoms with Gasteiger partial charge in [-0.2, -0.15) is 0 Å². The second-order valence-electron chi connectivity index (χ2n) is 4.56. The standard InChI is InChI=1S/C13H16ClNO4S/c1-8(2)12(13(17)18)20(19)7-11(16)15-10-6-4-3-5-9(10)14/h3-6,8,12H,7H2,1-2H3,(H,15,16)(H,17,18). The molecule has 0 spiro atoms. The molecule has 0 fully saturated rings. The summed E-state index contributed by atoms with van der Waals surface area (Å²) in [6.45, 7) is 3.31. The van der Waals surface area contributed by atoms with Crippen molar-refractivity contribution in [3.8, 4) is 0 Å². The summed E-state index contributed by atoms with van der Waals surface area (Å²) in [5.41, 5.74) is 0.410. The summed E-state index contributed by atoms with van der Waals surface area (Å²) in [6, 6.07) is 6.64. The summed E-state index contributed by atoms with van der Waals surface area (Å²) in [6.07, 6.45) is 0. The summed E-state index contributed by atoms with van der Waals surface area (Å²) < 4.78 is 11.9. The number of amides is 1. The van der Waals surface area contributed by atoms with Crippen LogP contribution in [-0.4, -0.2) is 32.2 Å². The first kappa shape index (κ1) is 16.7. The number of halogens is 1. The fourth-order valence-electron chi connectivity index (χ4n) is 1.67. The minimum absolute atomic E-state index is 0.318. The van der Waals surface area contributed by atoms with E-state index in [-0.39, 0.29) is 11.7 Å². The van der Waals surface area contributed by atoms with Gasteiger partial charge in [-0.1, -0.05) is 37.6 Å². The zero-order valence-corrected chi connectivity index (χ0v) is 12.7. The van der Waals surface area contributed by atoms with Crippen LogP contribution in [0.2, 0.25) is 5.02 Å². The quantitative estimate of drug-likeness (QED) is 0.842. The van der Waals surface area contributed by atoms with E-state index in [1.54, 1.807) is 38.1 Å². The highest BCUT2D eigenvalue weighted by atomic mass is 35.5. The zero-order valence-electron chi connectivity index (χ0n) is 11.1. The van der Waals surface area contributed by atoms with Crippen LogP contribution < -0.4 is 5.32 Å². The number of para-hydroxylation sites is 1. The Labute approximate surface area is 124 Å². The average Bonchev–Trinajstić information content (AvgIpc) is 2.30. The van der Waals surface area contributed by atoms with E-state index in [4.69, 9.17) is 16.7 Å². The molecule has 0 bridgehead atoms. The molecule has 0 aromatic heterocycles. The second-order valence-corrected chi connectivity index (χ2v) is 6.52. The van der Waals surface area contributed by atoms with Gasteiger partial charge in [0.05, 0.1) is 10.7 Å². The van der Waals surface area contributed by atoms with Crippen molar-refractivity contribution in [2.24, 2.45) is 5.92 Å². The number of nitrogens with one attached hydrogen (secondary N) is 1. The van der Waals surface area contributed by atoms with Crippen LogP contribution >= 0.6 is 11.6 Å². The molecule has 0 saturated heterocycles. The fraction of sp³-hybridized carbons (Fsp3) is 0.385. The molecule has 0 saturated carbocycles.